The van der Waals surface area contributed by atoms with Gasteiger partial charge in [0.2, 0.25) is 0 Å². The minimum Gasteiger partial charge on any atom is -0.358 e. The second kappa shape index (κ2) is 5.08. The smallest absolute Gasteiger partial charge is 0.358 e. The van der Waals surface area contributed by atoms with Crippen molar-refractivity contribution in [3.8, 4) is 0 Å². The molecule has 0 saturated carbocycles. The highest BCUT2D eigenvalue weighted by Gasteiger charge is 2.03. The number of rotatable bonds is 4. The molecule has 0 aliphatic carbocycles. The highest BCUT2D eigenvalue weighted by Crippen LogP contribution is 2.08. The quantitative estimate of drug-likeness (QED) is 0.576. The molecule has 14 heavy (non-hydrogen) atoms. The minimum absolute atomic E-state index is 0.129. The van der Waals surface area contributed by atoms with Crippen LogP contribution in [0.2, 0.25) is 0 Å². The van der Waals surface area contributed by atoms with E-state index in [1.54, 1.807) is 6.07 Å². The summed E-state index contributed by atoms with van der Waals surface area (Å²) in [7, 11) is 1.85. The number of likely N-dealkylation sites (N-methyl/N-ethyl adjacent to an activating group) is 1. The summed E-state index contributed by atoms with van der Waals surface area (Å²) >= 11 is 0. The number of aromatic nitrogens is 1. The molecule has 0 radical (unpaired) electrons. The molecule has 0 amide bonds. The van der Waals surface area contributed by atoms with Crippen molar-refractivity contribution in [2.75, 3.05) is 13.6 Å². The van der Waals surface area contributed by atoms with Crippen LogP contribution in [-0.2, 0) is 0 Å². The van der Waals surface area contributed by atoms with Gasteiger partial charge in [0.15, 0.2) is 0 Å². The molecule has 0 unspecified atom stereocenters. The molecule has 5 nitrogen and oxygen atoms in total. The maximum absolute atomic E-state index is 10.3. The van der Waals surface area contributed by atoms with Gasteiger partial charge in [-0.3, -0.25) is 0 Å². The first-order valence-corrected chi connectivity index (χ1v) is 4.15. The summed E-state index contributed by atoms with van der Waals surface area (Å²) in [5.41, 5.74) is 0.853. The van der Waals surface area contributed by atoms with Crippen LogP contribution in [0.4, 0.5) is 5.82 Å². The third kappa shape index (κ3) is 2.95. The molecule has 1 N–H and O–H groups in total. The maximum Gasteiger partial charge on any atom is 0.363 e. The van der Waals surface area contributed by atoms with Gasteiger partial charge < -0.3 is 15.4 Å². The lowest BCUT2D eigenvalue weighted by atomic mass is 10.2. The number of hydrogen-bond acceptors (Lipinski definition) is 4. The molecule has 0 fully saturated rings. The van der Waals surface area contributed by atoms with Crippen LogP contribution in [0, 0.1) is 10.1 Å². The molecule has 0 atom stereocenters. The SMILES string of the molecule is CNCC=Cc1ccc([N+](=O)[O-])nc1. The largest absolute Gasteiger partial charge is 0.363 e. The Morgan fingerprint density at radius 3 is 2.93 bits per heavy atom. The molecule has 74 valence electrons. The monoisotopic (exact) mass is 193 g/mol. The van der Waals surface area contributed by atoms with E-state index in [-0.39, 0.29) is 5.82 Å². The lowest BCUT2D eigenvalue weighted by Gasteiger charge is -1.92. The third-order valence-corrected chi connectivity index (χ3v) is 1.59. The van der Waals surface area contributed by atoms with Crippen molar-refractivity contribution in [3.63, 3.8) is 0 Å². The van der Waals surface area contributed by atoms with E-state index in [2.05, 4.69) is 10.3 Å². The van der Waals surface area contributed by atoms with Crippen molar-refractivity contribution in [1.29, 1.82) is 0 Å². The van der Waals surface area contributed by atoms with Crippen LogP contribution in [0.15, 0.2) is 24.4 Å². The lowest BCUT2D eigenvalue weighted by molar-refractivity contribution is -0.389. The number of nitro groups is 1. The fourth-order valence-electron chi connectivity index (χ4n) is 0.917. The number of pyridine rings is 1. The van der Waals surface area contributed by atoms with Crippen LogP contribution < -0.4 is 5.32 Å². The van der Waals surface area contributed by atoms with E-state index in [1.165, 1.54) is 12.3 Å². The molecule has 0 aromatic carbocycles. The summed E-state index contributed by atoms with van der Waals surface area (Å²) in [6.07, 6.45) is 5.25. The topological polar surface area (TPSA) is 68.1 Å². The number of hydrogen-bond donors (Lipinski definition) is 1. The first-order chi connectivity index (χ1) is 6.74. The molecule has 0 bridgehead atoms. The highest BCUT2D eigenvalue weighted by atomic mass is 16.6. The summed E-state index contributed by atoms with van der Waals surface area (Å²) in [5.74, 6) is -0.129. The predicted octanol–water partition coefficient (Wildman–Crippen LogP) is 1.22. The van der Waals surface area contributed by atoms with Crippen molar-refractivity contribution in [1.82, 2.24) is 10.3 Å². The molecule has 0 aliphatic rings. The molecule has 1 rings (SSSR count). The molecule has 1 heterocycles. The highest BCUT2D eigenvalue weighted by molar-refractivity contribution is 5.48. The molecule has 0 aliphatic heterocycles. The first-order valence-electron chi connectivity index (χ1n) is 4.15. The van der Waals surface area contributed by atoms with Crippen LogP contribution in [-0.4, -0.2) is 23.5 Å². The van der Waals surface area contributed by atoms with Crippen LogP contribution in [0.5, 0.6) is 0 Å². The Bertz CT molecular complexity index is 332. The van der Waals surface area contributed by atoms with E-state index in [0.29, 0.717) is 0 Å². The van der Waals surface area contributed by atoms with E-state index >= 15 is 0 Å². The van der Waals surface area contributed by atoms with E-state index in [0.717, 1.165) is 12.1 Å². The van der Waals surface area contributed by atoms with Crippen LogP contribution >= 0.6 is 0 Å². The van der Waals surface area contributed by atoms with Gasteiger partial charge in [0.25, 0.3) is 0 Å². The van der Waals surface area contributed by atoms with Crippen molar-refractivity contribution in [2.24, 2.45) is 0 Å². The minimum atomic E-state index is -0.513. The Balaban J connectivity index is 2.68. The molecule has 1 aromatic rings. The summed E-state index contributed by atoms with van der Waals surface area (Å²) in [6, 6.07) is 3.05. The van der Waals surface area contributed by atoms with Gasteiger partial charge in [-0.25, -0.2) is 0 Å². The average Bonchev–Trinajstić information content (AvgIpc) is 2.19. The average molecular weight is 193 g/mol. The van der Waals surface area contributed by atoms with E-state index in [1.807, 2.05) is 19.2 Å². The van der Waals surface area contributed by atoms with Crippen molar-refractivity contribution in [2.45, 2.75) is 0 Å². The molecule has 0 saturated heterocycles. The van der Waals surface area contributed by atoms with Gasteiger partial charge in [-0.1, -0.05) is 12.2 Å². The third-order valence-electron chi connectivity index (χ3n) is 1.59. The van der Waals surface area contributed by atoms with Gasteiger partial charge in [0.1, 0.15) is 6.20 Å². The van der Waals surface area contributed by atoms with Crippen molar-refractivity contribution in [3.05, 3.63) is 40.1 Å². The Labute approximate surface area is 81.6 Å². The Hall–Kier alpha value is -1.75. The summed E-state index contributed by atoms with van der Waals surface area (Å²) in [4.78, 5) is 13.5. The zero-order chi connectivity index (χ0) is 10.4. The van der Waals surface area contributed by atoms with Crippen molar-refractivity contribution < 1.29 is 4.92 Å². The normalized spacial score (nSPS) is 10.6. The Kier molecular flexibility index (Phi) is 3.75. The van der Waals surface area contributed by atoms with Crippen molar-refractivity contribution >= 4 is 11.9 Å². The Morgan fingerprint density at radius 2 is 2.43 bits per heavy atom. The Morgan fingerprint density at radius 1 is 1.64 bits per heavy atom. The van der Waals surface area contributed by atoms with E-state index < -0.39 is 4.92 Å². The molecule has 0 spiro atoms. The van der Waals surface area contributed by atoms with Gasteiger partial charge >= 0.3 is 5.82 Å². The maximum atomic E-state index is 10.3. The molecule has 5 heteroatoms. The zero-order valence-electron chi connectivity index (χ0n) is 7.80. The summed E-state index contributed by atoms with van der Waals surface area (Å²) in [5, 5.41) is 13.2. The van der Waals surface area contributed by atoms with Gasteiger partial charge in [0.05, 0.1) is 0 Å². The molecular weight excluding hydrogens is 182 g/mol. The zero-order valence-corrected chi connectivity index (χ0v) is 7.80. The molecular formula is C9H11N3O2. The first kappa shape index (κ1) is 10.3. The standard InChI is InChI=1S/C9H11N3O2/c1-10-6-2-3-8-4-5-9(11-7-8)12(13)14/h2-5,7,10H,6H2,1H3. The van der Waals surface area contributed by atoms with Gasteiger partial charge in [-0.15, -0.1) is 0 Å². The second-order valence-corrected chi connectivity index (χ2v) is 2.67. The predicted molar refractivity (Wildman–Crippen MR) is 53.9 cm³/mol. The van der Waals surface area contributed by atoms with E-state index in [9.17, 15) is 10.1 Å². The van der Waals surface area contributed by atoms with E-state index in [4.69, 9.17) is 0 Å². The fraction of sp³-hybridized carbons (Fsp3) is 0.222. The summed E-state index contributed by atoms with van der Waals surface area (Å²) in [6.45, 7) is 0.761. The number of nitrogens with zero attached hydrogens (tertiary/aromatic N) is 2. The summed E-state index contributed by atoms with van der Waals surface area (Å²) < 4.78 is 0. The number of nitrogens with one attached hydrogen (secondary N) is 1. The van der Waals surface area contributed by atoms with Crippen LogP contribution in [0.1, 0.15) is 5.56 Å². The second-order valence-electron chi connectivity index (χ2n) is 2.67. The molecule has 1 aromatic heterocycles. The van der Waals surface area contributed by atoms with Gasteiger partial charge in [0, 0.05) is 18.2 Å². The van der Waals surface area contributed by atoms with Gasteiger partial charge in [-0.2, -0.15) is 0 Å². The fourth-order valence-corrected chi connectivity index (χ4v) is 0.917. The van der Waals surface area contributed by atoms with Gasteiger partial charge in [-0.05, 0) is 23.0 Å². The van der Waals surface area contributed by atoms with Crippen LogP contribution in [0.3, 0.4) is 0 Å². The van der Waals surface area contributed by atoms with Crippen LogP contribution in [0.25, 0.3) is 6.08 Å². The lowest BCUT2D eigenvalue weighted by Crippen LogP contribution is -2.03.